The van der Waals surface area contributed by atoms with Crippen molar-refractivity contribution in [2.24, 2.45) is 0 Å². The van der Waals surface area contributed by atoms with Crippen LogP contribution < -0.4 is 13.9 Å². The highest BCUT2D eigenvalue weighted by Crippen LogP contribution is 2.36. The lowest BCUT2D eigenvalue weighted by molar-refractivity contribution is -0.139. The van der Waals surface area contributed by atoms with Gasteiger partial charge in [0, 0.05) is 31.9 Å². The van der Waals surface area contributed by atoms with Crippen molar-refractivity contribution >= 4 is 27.3 Å². The standard InChI is InChI=1S/C27H26F3N3O4S/c28-27(29,30)21-9-6-10-22(17-21)31-13-15-32(16-14-31)26(34)25-18-33(23-11-4-5-12-24(23)37-25)38(35,36)19-20-7-2-1-3-8-20/h1-12,17,25H,13-16,18-19H2/t25-/m0/s1. The minimum atomic E-state index is -4.44. The largest absolute Gasteiger partial charge is 0.476 e. The maximum absolute atomic E-state index is 13.4. The van der Waals surface area contributed by atoms with Crippen LogP contribution in [0.1, 0.15) is 11.1 Å². The number of benzene rings is 3. The molecular formula is C27H26F3N3O4S. The highest BCUT2D eigenvalue weighted by Gasteiger charge is 2.39. The fraction of sp³-hybridized carbons (Fsp3) is 0.296. The van der Waals surface area contributed by atoms with Crippen LogP contribution in [0.25, 0.3) is 0 Å². The van der Waals surface area contributed by atoms with E-state index in [9.17, 15) is 26.4 Å². The molecule has 1 atom stereocenters. The summed E-state index contributed by atoms with van der Waals surface area (Å²) in [5, 5.41) is 0. The summed E-state index contributed by atoms with van der Waals surface area (Å²) in [6.45, 7) is 1.05. The molecule has 200 valence electrons. The van der Waals surface area contributed by atoms with Crippen molar-refractivity contribution in [3.8, 4) is 5.75 Å². The Labute approximate surface area is 219 Å². The summed E-state index contributed by atoms with van der Waals surface area (Å²) >= 11 is 0. The highest BCUT2D eigenvalue weighted by molar-refractivity contribution is 7.92. The Morgan fingerprint density at radius 3 is 2.29 bits per heavy atom. The summed E-state index contributed by atoms with van der Waals surface area (Å²) in [6, 6.07) is 20.6. The molecule has 0 spiro atoms. The number of carbonyl (C=O) groups excluding carboxylic acids is 1. The van der Waals surface area contributed by atoms with Crippen molar-refractivity contribution in [1.82, 2.24) is 4.90 Å². The van der Waals surface area contributed by atoms with Crippen molar-refractivity contribution in [3.05, 3.63) is 90.0 Å². The number of amides is 1. The first-order valence-electron chi connectivity index (χ1n) is 12.1. The second-order valence-corrected chi connectivity index (χ2v) is 11.1. The summed E-state index contributed by atoms with van der Waals surface area (Å²) in [5.74, 6) is -0.280. The van der Waals surface area contributed by atoms with Gasteiger partial charge in [0.15, 0.2) is 6.10 Å². The van der Waals surface area contributed by atoms with E-state index in [-0.39, 0.29) is 31.3 Å². The fourth-order valence-electron chi connectivity index (χ4n) is 4.72. The number of rotatable bonds is 5. The molecule has 0 unspecified atom stereocenters. The maximum atomic E-state index is 13.4. The molecule has 0 radical (unpaired) electrons. The van der Waals surface area contributed by atoms with Crippen LogP contribution in [0.3, 0.4) is 0 Å². The van der Waals surface area contributed by atoms with Crippen LogP contribution in [0.5, 0.6) is 5.75 Å². The Morgan fingerprint density at radius 1 is 0.895 bits per heavy atom. The molecule has 1 saturated heterocycles. The SMILES string of the molecule is O=C([C@@H]1CN(S(=O)(=O)Cc2ccccc2)c2ccccc2O1)N1CCN(c2cccc(C(F)(F)F)c2)CC1. The second-order valence-electron chi connectivity index (χ2n) is 9.21. The molecule has 2 aliphatic heterocycles. The summed E-state index contributed by atoms with van der Waals surface area (Å²) in [4.78, 5) is 16.8. The molecule has 0 aromatic heterocycles. The van der Waals surface area contributed by atoms with Gasteiger partial charge >= 0.3 is 6.18 Å². The van der Waals surface area contributed by atoms with E-state index in [0.29, 0.717) is 35.8 Å². The quantitative estimate of drug-likeness (QED) is 0.482. The van der Waals surface area contributed by atoms with Crippen LogP contribution >= 0.6 is 0 Å². The normalized spacial score (nSPS) is 18.1. The van der Waals surface area contributed by atoms with Gasteiger partial charge in [-0.3, -0.25) is 9.10 Å². The van der Waals surface area contributed by atoms with Gasteiger partial charge in [0.05, 0.1) is 23.5 Å². The highest BCUT2D eigenvalue weighted by atomic mass is 32.2. The summed E-state index contributed by atoms with van der Waals surface area (Å²) < 4.78 is 73.4. The number of hydrogen-bond acceptors (Lipinski definition) is 5. The lowest BCUT2D eigenvalue weighted by atomic mass is 10.1. The Morgan fingerprint density at radius 2 is 1.58 bits per heavy atom. The number of piperazine rings is 1. The third-order valence-electron chi connectivity index (χ3n) is 6.67. The topological polar surface area (TPSA) is 70.2 Å². The molecule has 11 heteroatoms. The number of carbonyl (C=O) groups is 1. The molecule has 0 aliphatic carbocycles. The molecule has 0 bridgehead atoms. The zero-order valence-corrected chi connectivity index (χ0v) is 21.2. The molecule has 0 saturated carbocycles. The Bertz CT molecular complexity index is 1410. The zero-order chi connectivity index (χ0) is 26.9. The van der Waals surface area contributed by atoms with Crippen LogP contribution in [0, 0.1) is 0 Å². The van der Waals surface area contributed by atoms with Gasteiger partial charge in [-0.15, -0.1) is 0 Å². The average molecular weight is 546 g/mol. The second kappa shape index (κ2) is 10.2. The van der Waals surface area contributed by atoms with Gasteiger partial charge in [-0.2, -0.15) is 13.2 Å². The van der Waals surface area contributed by atoms with Crippen LogP contribution in [0.4, 0.5) is 24.5 Å². The fourth-order valence-corrected chi connectivity index (χ4v) is 6.31. The predicted molar refractivity (Wildman–Crippen MR) is 138 cm³/mol. The van der Waals surface area contributed by atoms with Gasteiger partial charge in [-0.25, -0.2) is 8.42 Å². The summed E-state index contributed by atoms with van der Waals surface area (Å²) in [7, 11) is -3.83. The van der Waals surface area contributed by atoms with Crippen LogP contribution in [0.2, 0.25) is 0 Å². The number of ether oxygens (including phenoxy) is 1. The Kier molecular flexibility index (Phi) is 6.95. The molecule has 1 fully saturated rings. The lowest BCUT2D eigenvalue weighted by Gasteiger charge is -2.40. The molecule has 0 N–H and O–H groups in total. The van der Waals surface area contributed by atoms with E-state index in [1.807, 2.05) is 6.07 Å². The van der Waals surface area contributed by atoms with Crippen LogP contribution in [-0.4, -0.2) is 58.1 Å². The summed E-state index contributed by atoms with van der Waals surface area (Å²) in [6.07, 6.45) is -5.48. The molecule has 38 heavy (non-hydrogen) atoms. The van der Waals surface area contributed by atoms with Gasteiger partial charge in [-0.05, 0) is 35.9 Å². The third kappa shape index (κ3) is 5.42. The Balaban J connectivity index is 1.30. The molecule has 7 nitrogen and oxygen atoms in total. The molecule has 3 aromatic carbocycles. The van der Waals surface area contributed by atoms with E-state index < -0.39 is 27.9 Å². The first-order chi connectivity index (χ1) is 18.1. The molecule has 2 aliphatic rings. The zero-order valence-electron chi connectivity index (χ0n) is 20.3. The molecule has 2 heterocycles. The first kappa shape index (κ1) is 25.9. The number of anilines is 2. The van der Waals surface area contributed by atoms with E-state index >= 15 is 0 Å². The number of halogens is 3. The van der Waals surface area contributed by atoms with Gasteiger partial charge in [0.1, 0.15) is 5.75 Å². The minimum Gasteiger partial charge on any atom is -0.476 e. The van der Waals surface area contributed by atoms with E-state index in [4.69, 9.17) is 4.74 Å². The minimum absolute atomic E-state index is 0.168. The summed E-state index contributed by atoms with van der Waals surface area (Å²) in [5.41, 5.74) is 0.722. The van der Waals surface area contributed by atoms with Crippen LogP contribution in [-0.2, 0) is 26.7 Å². The smallest absolute Gasteiger partial charge is 0.416 e. The van der Waals surface area contributed by atoms with Crippen molar-refractivity contribution in [1.29, 1.82) is 0 Å². The van der Waals surface area contributed by atoms with E-state index in [0.717, 1.165) is 12.1 Å². The third-order valence-corrected chi connectivity index (χ3v) is 8.38. The first-order valence-corrected chi connectivity index (χ1v) is 13.7. The molecular weight excluding hydrogens is 519 g/mol. The number of alkyl halides is 3. The van der Waals surface area contributed by atoms with Crippen molar-refractivity contribution in [2.45, 2.75) is 18.0 Å². The molecule has 5 rings (SSSR count). The number of hydrogen-bond donors (Lipinski definition) is 0. The van der Waals surface area contributed by atoms with E-state index in [2.05, 4.69) is 0 Å². The number of para-hydroxylation sites is 2. The predicted octanol–water partition coefficient (Wildman–Crippen LogP) is 4.15. The van der Waals surface area contributed by atoms with E-state index in [1.54, 1.807) is 64.4 Å². The van der Waals surface area contributed by atoms with Gasteiger partial charge < -0.3 is 14.5 Å². The maximum Gasteiger partial charge on any atom is 0.416 e. The van der Waals surface area contributed by atoms with Crippen molar-refractivity contribution in [2.75, 3.05) is 41.9 Å². The van der Waals surface area contributed by atoms with Gasteiger partial charge in [0.25, 0.3) is 5.91 Å². The molecule has 1 amide bonds. The van der Waals surface area contributed by atoms with Gasteiger partial charge in [0.2, 0.25) is 10.0 Å². The van der Waals surface area contributed by atoms with Crippen LogP contribution in [0.15, 0.2) is 78.9 Å². The van der Waals surface area contributed by atoms with Crippen molar-refractivity contribution in [3.63, 3.8) is 0 Å². The number of fused-ring (bicyclic) bond motifs is 1. The van der Waals surface area contributed by atoms with E-state index in [1.165, 1.54) is 10.4 Å². The average Bonchev–Trinajstić information content (AvgIpc) is 2.92. The number of nitrogens with zero attached hydrogens (tertiary/aromatic N) is 3. The Hall–Kier alpha value is -3.73. The number of sulfonamides is 1. The lowest BCUT2D eigenvalue weighted by Crippen LogP contribution is -2.56. The monoisotopic (exact) mass is 545 g/mol. The van der Waals surface area contributed by atoms with Gasteiger partial charge in [-0.1, -0.05) is 48.5 Å². The molecule has 3 aromatic rings. The van der Waals surface area contributed by atoms with Crippen molar-refractivity contribution < 1.29 is 31.1 Å².